The summed E-state index contributed by atoms with van der Waals surface area (Å²) in [4.78, 5) is 5.46. The minimum atomic E-state index is 0.189. The van der Waals surface area contributed by atoms with Crippen LogP contribution in [-0.4, -0.2) is 16.2 Å². The number of rotatable bonds is 2. The number of nitrogens with two attached hydrogens (primary N) is 1. The lowest BCUT2D eigenvalue weighted by Crippen LogP contribution is -2.23. The molecule has 5 heteroatoms. The number of hydrogen-bond acceptors (Lipinski definition) is 5. The standard InChI is InChI=1S/C11H13N3OS/c12-8-4-1-3-7(8)10-13-11(15-14-10)9-5-2-6-16-9/h2,5-8H,1,3-4,12H2/t7-,8+/m1/s1. The van der Waals surface area contributed by atoms with Gasteiger partial charge in [-0.15, -0.1) is 11.3 Å². The van der Waals surface area contributed by atoms with Crippen LogP contribution in [0.1, 0.15) is 31.0 Å². The fourth-order valence-electron chi connectivity index (χ4n) is 2.20. The van der Waals surface area contributed by atoms with Gasteiger partial charge in [0.1, 0.15) is 0 Å². The lowest BCUT2D eigenvalue weighted by Gasteiger charge is -2.09. The lowest BCUT2D eigenvalue weighted by molar-refractivity contribution is 0.412. The van der Waals surface area contributed by atoms with E-state index in [0.29, 0.717) is 5.89 Å². The molecule has 0 saturated heterocycles. The van der Waals surface area contributed by atoms with Gasteiger partial charge in [0.2, 0.25) is 0 Å². The lowest BCUT2D eigenvalue weighted by atomic mass is 10.0. The van der Waals surface area contributed by atoms with E-state index < -0.39 is 0 Å². The van der Waals surface area contributed by atoms with E-state index in [9.17, 15) is 0 Å². The molecule has 84 valence electrons. The first kappa shape index (κ1) is 9.99. The molecule has 0 amide bonds. The average molecular weight is 235 g/mol. The minimum Gasteiger partial charge on any atom is -0.333 e. The topological polar surface area (TPSA) is 64.9 Å². The molecule has 0 radical (unpaired) electrons. The van der Waals surface area contributed by atoms with Gasteiger partial charge >= 0.3 is 0 Å². The predicted octanol–water partition coefficient (Wildman–Crippen LogP) is 2.39. The first-order chi connectivity index (χ1) is 7.84. The molecule has 4 nitrogen and oxygen atoms in total. The molecule has 0 spiro atoms. The van der Waals surface area contributed by atoms with Gasteiger partial charge in [0.15, 0.2) is 5.82 Å². The zero-order valence-electron chi connectivity index (χ0n) is 8.80. The second-order valence-corrected chi connectivity index (χ2v) is 5.08. The molecule has 2 heterocycles. The maximum atomic E-state index is 6.02. The third-order valence-corrected chi connectivity index (χ3v) is 3.93. The summed E-state index contributed by atoms with van der Waals surface area (Å²) in [6, 6.07) is 4.15. The van der Waals surface area contributed by atoms with Crippen molar-refractivity contribution in [2.75, 3.05) is 0 Å². The molecule has 0 unspecified atom stereocenters. The molecule has 0 aromatic carbocycles. The molecule has 1 aliphatic rings. The van der Waals surface area contributed by atoms with Crippen LogP contribution in [0.15, 0.2) is 22.0 Å². The molecule has 2 atom stereocenters. The number of hydrogen-bond donors (Lipinski definition) is 1. The van der Waals surface area contributed by atoms with E-state index >= 15 is 0 Å². The number of thiophene rings is 1. The molecule has 16 heavy (non-hydrogen) atoms. The second-order valence-electron chi connectivity index (χ2n) is 4.14. The normalized spacial score (nSPS) is 25.1. The van der Waals surface area contributed by atoms with E-state index in [1.165, 1.54) is 0 Å². The smallest absolute Gasteiger partial charge is 0.267 e. The summed E-state index contributed by atoms with van der Waals surface area (Å²) in [5, 5.41) is 6.05. The fraction of sp³-hybridized carbons (Fsp3) is 0.455. The zero-order valence-corrected chi connectivity index (χ0v) is 9.61. The summed E-state index contributed by atoms with van der Waals surface area (Å²) in [6.45, 7) is 0. The van der Waals surface area contributed by atoms with Crippen molar-refractivity contribution in [3.8, 4) is 10.8 Å². The Labute approximate surface area is 97.5 Å². The Morgan fingerprint density at radius 3 is 3.06 bits per heavy atom. The van der Waals surface area contributed by atoms with Crippen LogP contribution in [0.2, 0.25) is 0 Å². The first-order valence-electron chi connectivity index (χ1n) is 5.47. The Morgan fingerprint density at radius 1 is 1.44 bits per heavy atom. The Kier molecular flexibility index (Phi) is 2.49. The summed E-state index contributed by atoms with van der Waals surface area (Å²) < 4.78 is 5.26. The van der Waals surface area contributed by atoms with Gasteiger partial charge in [-0.1, -0.05) is 17.6 Å². The van der Waals surface area contributed by atoms with Crippen molar-refractivity contribution in [1.29, 1.82) is 0 Å². The number of nitrogens with zero attached hydrogens (tertiary/aromatic N) is 2. The molecule has 3 rings (SSSR count). The zero-order chi connectivity index (χ0) is 11.0. The largest absolute Gasteiger partial charge is 0.333 e. The SMILES string of the molecule is N[C@H]1CCC[C@H]1c1noc(-c2cccs2)n1. The van der Waals surface area contributed by atoms with Crippen molar-refractivity contribution in [2.45, 2.75) is 31.2 Å². The van der Waals surface area contributed by atoms with Crippen molar-refractivity contribution in [3.05, 3.63) is 23.3 Å². The van der Waals surface area contributed by atoms with Crippen LogP contribution >= 0.6 is 11.3 Å². The monoisotopic (exact) mass is 235 g/mol. The van der Waals surface area contributed by atoms with Crippen molar-refractivity contribution in [3.63, 3.8) is 0 Å². The highest BCUT2D eigenvalue weighted by Gasteiger charge is 2.29. The van der Waals surface area contributed by atoms with Crippen molar-refractivity contribution < 1.29 is 4.52 Å². The molecule has 1 saturated carbocycles. The molecular weight excluding hydrogens is 222 g/mol. The van der Waals surface area contributed by atoms with Crippen LogP contribution in [0.5, 0.6) is 0 Å². The highest BCUT2D eigenvalue weighted by Crippen LogP contribution is 2.33. The summed E-state index contributed by atoms with van der Waals surface area (Å²) in [5.41, 5.74) is 6.02. The maximum absolute atomic E-state index is 6.02. The first-order valence-corrected chi connectivity index (χ1v) is 6.35. The Bertz CT molecular complexity index is 465. The Hall–Kier alpha value is -1.20. The molecular formula is C11H13N3OS. The maximum Gasteiger partial charge on any atom is 0.267 e. The van der Waals surface area contributed by atoms with E-state index in [-0.39, 0.29) is 12.0 Å². The molecule has 2 aromatic heterocycles. The van der Waals surface area contributed by atoms with Gasteiger partial charge in [-0.25, -0.2) is 0 Å². The van der Waals surface area contributed by atoms with E-state index in [1.807, 2.05) is 17.5 Å². The van der Waals surface area contributed by atoms with Gasteiger partial charge in [0.25, 0.3) is 5.89 Å². The summed E-state index contributed by atoms with van der Waals surface area (Å²) in [6.07, 6.45) is 3.30. The molecule has 0 bridgehead atoms. The van der Waals surface area contributed by atoms with Crippen LogP contribution < -0.4 is 5.73 Å². The highest BCUT2D eigenvalue weighted by atomic mass is 32.1. The van der Waals surface area contributed by atoms with E-state index in [2.05, 4.69) is 10.1 Å². The van der Waals surface area contributed by atoms with Gasteiger partial charge in [0, 0.05) is 12.0 Å². The van der Waals surface area contributed by atoms with Crippen LogP contribution in [0.4, 0.5) is 0 Å². The van der Waals surface area contributed by atoms with Crippen LogP contribution in [0.25, 0.3) is 10.8 Å². The molecule has 2 aromatic rings. The van der Waals surface area contributed by atoms with Crippen LogP contribution in [-0.2, 0) is 0 Å². The summed E-state index contributed by atoms with van der Waals surface area (Å²) in [7, 11) is 0. The van der Waals surface area contributed by atoms with Crippen molar-refractivity contribution in [2.24, 2.45) is 5.73 Å². The molecule has 0 aliphatic heterocycles. The van der Waals surface area contributed by atoms with E-state index in [4.69, 9.17) is 10.3 Å². The quantitative estimate of drug-likeness (QED) is 0.868. The summed E-state index contributed by atoms with van der Waals surface area (Å²) >= 11 is 1.61. The highest BCUT2D eigenvalue weighted by molar-refractivity contribution is 7.13. The number of aromatic nitrogens is 2. The van der Waals surface area contributed by atoms with E-state index in [0.717, 1.165) is 30.0 Å². The Morgan fingerprint density at radius 2 is 2.38 bits per heavy atom. The fourth-order valence-corrected chi connectivity index (χ4v) is 2.84. The molecule has 1 aliphatic carbocycles. The molecule has 1 fully saturated rings. The van der Waals surface area contributed by atoms with Crippen molar-refractivity contribution in [1.82, 2.24) is 10.1 Å². The third-order valence-electron chi connectivity index (χ3n) is 3.07. The van der Waals surface area contributed by atoms with Crippen LogP contribution in [0.3, 0.4) is 0 Å². The average Bonchev–Trinajstić information content (AvgIpc) is 2.96. The van der Waals surface area contributed by atoms with E-state index in [1.54, 1.807) is 11.3 Å². The Balaban J connectivity index is 1.88. The second kappa shape index (κ2) is 3.99. The van der Waals surface area contributed by atoms with Crippen LogP contribution in [0, 0.1) is 0 Å². The van der Waals surface area contributed by atoms with Gasteiger partial charge in [-0.05, 0) is 24.3 Å². The van der Waals surface area contributed by atoms with Gasteiger partial charge in [0.05, 0.1) is 4.88 Å². The van der Waals surface area contributed by atoms with Gasteiger partial charge in [-0.2, -0.15) is 4.98 Å². The van der Waals surface area contributed by atoms with Gasteiger partial charge < -0.3 is 10.3 Å². The molecule has 2 N–H and O–H groups in total. The summed E-state index contributed by atoms with van der Waals surface area (Å²) in [5.74, 6) is 1.66. The van der Waals surface area contributed by atoms with Crippen molar-refractivity contribution >= 4 is 11.3 Å². The third kappa shape index (κ3) is 1.66. The van der Waals surface area contributed by atoms with Gasteiger partial charge in [-0.3, -0.25) is 0 Å². The predicted molar refractivity (Wildman–Crippen MR) is 62.2 cm³/mol. The minimum absolute atomic E-state index is 0.189.